The van der Waals surface area contributed by atoms with Crippen molar-refractivity contribution in [2.45, 2.75) is 33.6 Å². The van der Waals surface area contributed by atoms with Crippen LogP contribution >= 0.6 is 7.14 Å². The highest BCUT2D eigenvalue weighted by atomic mass is 31.2. The maximum absolute atomic E-state index is 13.0. The third-order valence-corrected chi connectivity index (χ3v) is 6.83. The first kappa shape index (κ1) is 13.6. The van der Waals surface area contributed by atoms with Gasteiger partial charge in [-0.3, -0.25) is 0 Å². The SMILES string of the molecule is CCC(C1=CP(=O)(c2ccccc2)CC1)C(C)C. The standard InChI is InChI=1S/C16H23OP/c1-4-16(13(2)3)14-10-11-18(17,12-14)15-8-6-5-7-9-15/h5-9,12-13,16H,4,10-11H2,1-3H3. The molecule has 2 atom stereocenters. The van der Waals surface area contributed by atoms with Crippen molar-refractivity contribution in [3.63, 3.8) is 0 Å². The molecule has 1 aliphatic heterocycles. The highest BCUT2D eigenvalue weighted by Crippen LogP contribution is 2.55. The summed E-state index contributed by atoms with van der Waals surface area (Å²) in [5.74, 6) is 3.37. The topological polar surface area (TPSA) is 17.1 Å². The second-order valence-electron chi connectivity index (χ2n) is 5.57. The summed E-state index contributed by atoms with van der Waals surface area (Å²) < 4.78 is 13.0. The molecule has 18 heavy (non-hydrogen) atoms. The summed E-state index contributed by atoms with van der Waals surface area (Å²) in [4.78, 5) is 0. The van der Waals surface area contributed by atoms with E-state index in [2.05, 4.69) is 26.6 Å². The lowest BCUT2D eigenvalue weighted by molar-refractivity contribution is 0.424. The molecule has 1 aliphatic rings. The molecule has 0 bridgehead atoms. The van der Waals surface area contributed by atoms with Gasteiger partial charge >= 0.3 is 0 Å². The summed E-state index contributed by atoms with van der Waals surface area (Å²) in [5, 5.41) is 1.03. The van der Waals surface area contributed by atoms with Gasteiger partial charge in [0.25, 0.3) is 0 Å². The van der Waals surface area contributed by atoms with Crippen molar-refractivity contribution in [3.05, 3.63) is 41.7 Å². The molecule has 1 aromatic rings. The largest absolute Gasteiger partial charge is 0.314 e. The smallest absolute Gasteiger partial charge is 0.136 e. The van der Waals surface area contributed by atoms with E-state index >= 15 is 0 Å². The minimum atomic E-state index is -2.25. The molecule has 0 radical (unpaired) electrons. The Morgan fingerprint density at radius 3 is 2.44 bits per heavy atom. The first-order valence-corrected chi connectivity index (χ1v) is 8.89. The van der Waals surface area contributed by atoms with E-state index in [-0.39, 0.29) is 0 Å². The van der Waals surface area contributed by atoms with Gasteiger partial charge in [-0.1, -0.05) is 56.7 Å². The van der Waals surface area contributed by atoms with E-state index in [9.17, 15) is 4.57 Å². The molecule has 0 aliphatic carbocycles. The van der Waals surface area contributed by atoms with Crippen LogP contribution in [0, 0.1) is 11.8 Å². The lowest BCUT2D eigenvalue weighted by Gasteiger charge is -2.20. The molecule has 1 heterocycles. The fraction of sp³-hybridized carbons (Fsp3) is 0.500. The average Bonchev–Trinajstić information content (AvgIpc) is 2.75. The Hall–Kier alpha value is -0.810. The fourth-order valence-corrected chi connectivity index (χ4v) is 5.68. The van der Waals surface area contributed by atoms with Gasteiger partial charge in [0.05, 0.1) is 0 Å². The molecule has 0 aromatic heterocycles. The molecule has 0 fully saturated rings. The summed E-state index contributed by atoms with van der Waals surface area (Å²) >= 11 is 0. The molecular weight excluding hydrogens is 239 g/mol. The minimum absolute atomic E-state index is 0.601. The van der Waals surface area contributed by atoms with Gasteiger partial charge in [-0.25, -0.2) is 0 Å². The predicted octanol–water partition coefficient (Wildman–Crippen LogP) is 4.64. The summed E-state index contributed by atoms with van der Waals surface area (Å²) in [6, 6.07) is 9.98. The second kappa shape index (κ2) is 5.45. The maximum atomic E-state index is 13.0. The van der Waals surface area contributed by atoms with Crippen LogP contribution in [0.2, 0.25) is 0 Å². The highest BCUT2D eigenvalue weighted by molar-refractivity contribution is 7.74. The molecule has 0 spiro atoms. The lowest BCUT2D eigenvalue weighted by Crippen LogP contribution is -2.09. The van der Waals surface area contributed by atoms with Gasteiger partial charge in [0.15, 0.2) is 0 Å². The Balaban J connectivity index is 2.29. The molecule has 2 heteroatoms. The van der Waals surface area contributed by atoms with Crippen LogP contribution in [0.3, 0.4) is 0 Å². The summed E-state index contributed by atoms with van der Waals surface area (Å²) in [5.41, 5.74) is 1.43. The van der Waals surface area contributed by atoms with Gasteiger partial charge in [-0.05, 0) is 30.5 Å². The molecule has 0 amide bonds. The van der Waals surface area contributed by atoms with E-state index in [4.69, 9.17) is 0 Å². The quantitative estimate of drug-likeness (QED) is 0.722. The maximum Gasteiger partial charge on any atom is 0.136 e. The van der Waals surface area contributed by atoms with Crippen molar-refractivity contribution < 1.29 is 4.57 Å². The van der Waals surface area contributed by atoms with Crippen molar-refractivity contribution >= 4 is 12.4 Å². The van der Waals surface area contributed by atoms with Gasteiger partial charge in [0.2, 0.25) is 0 Å². The lowest BCUT2D eigenvalue weighted by atomic mass is 9.86. The van der Waals surface area contributed by atoms with Crippen molar-refractivity contribution in [2.75, 3.05) is 6.16 Å². The van der Waals surface area contributed by atoms with Crippen LogP contribution in [0.15, 0.2) is 41.7 Å². The Morgan fingerprint density at radius 2 is 1.89 bits per heavy atom. The molecular formula is C16H23OP. The van der Waals surface area contributed by atoms with Crippen molar-refractivity contribution in [1.29, 1.82) is 0 Å². The molecule has 0 saturated heterocycles. The molecule has 2 unspecified atom stereocenters. The fourth-order valence-electron chi connectivity index (χ4n) is 3.02. The van der Waals surface area contributed by atoms with Crippen LogP contribution in [-0.4, -0.2) is 6.16 Å². The van der Waals surface area contributed by atoms with E-state index in [0.717, 1.165) is 24.3 Å². The number of hydrogen-bond acceptors (Lipinski definition) is 1. The van der Waals surface area contributed by atoms with Crippen molar-refractivity contribution in [2.24, 2.45) is 11.8 Å². The number of hydrogen-bond donors (Lipinski definition) is 0. The third-order valence-electron chi connectivity index (χ3n) is 4.02. The van der Waals surface area contributed by atoms with Crippen LogP contribution < -0.4 is 5.30 Å². The van der Waals surface area contributed by atoms with Crippen LogP contribution in [0.4, 0.5) is 0 Å². The first-order valence-electron chi connectivity index (χ1n) is 6.93. The summed E-state index contributed by atoms with van der Waals surface area (Å²) in [6.07, 6.45) is 3.00. The van der Waals surface area contributed by atoms with Gasteiger partial charge in [0, 0.05) is 11.5 Å². The second-order valence-corrected chi connectivity index (χ2v) is 8.38. The van der Waals surface area contributed by atoms with Gasteiger partial charge in [-0.15, -0.1) is 0 Å². The predicted molar refractivity (Wildman–Crippen MR) is 79.9 cm³/mol. The van der Waals surface area contributed by atoms with E-state index in [1.807, 2.05) is 30.3 Å². The van der Waals surface area contributed by atoms with E-state index in [0.29, 0.717) is 11.8 Å². The highest BCUT2D eigenvalue weighted by Gasteiger charge is 2.31. The van der Waals surface area contributed by atoms with E-state index in [1.165, 1.54) is 5.57 Å². The summed E-state index contributed by atoms with van der Waals surface area (Å²) in [6.45, 7) is 6.76. The zero-order valence-corrected chi connectivity index (χ0v) is 12.5. The van der Waals surface area contributed by atoms with Crippen LogP contribution in [0.25, 0.3) is 0 Å². The zero-order valence-electron chi connectivity index (χ0n) is 11.6. The Bertz CT molecular complexity index is 473. The molecule has 2 rings (SSSR count). The van der Waals surface area contributed by atoms with Gasteiger partial charge in [-0.2, -0.15) is 0 Å². The number of allylic oxidation sites excluding steroid dienone is 1. The van der Waals surface area contributed by atoms with Gasteiger partial charge in [0.1, 0.15) is 7.14 Å². The van der Waals surface area contributed by atoms with Crippen molar-refractivity contribution in [3.8, 4) is 0 Å². The van der Waals surface area contributed by atoms with E-state index in [1.54, 1.807) is 0 Å². The molecule has 1 nitrogen and oxygen atoms in total. The molecule has 0 saturated carbocycles. The Morgan fingerprint density at radius 1 is 1.22 bits per heavy atom. The number of rotatable bonds is 4. The average molecular weight is 262 g/mol. The number of benzene rings is 1. The first-order chi connectivity index (χ1) is 8.57. The van der Waals surface area contributed by atoms with Crippen LogP contribution in [0.1, 0.15) is 33.6 Å². The zero-order chi connectivity index (χ0) is 13.2. The Kier molecular flexibility index (Phi) is 4.12. The third kappa shape index (κ3) is 2.62. The molecule has 98 valence electrons. The molecule has 1 aromatic carbocycles. The van der Waals surface area contributed by atoms with E-state index < -0.39 is 7.14 Å². The summed E-state index contributed by atoms with van der Waals surface area (Å²) in [7, 11) is -2.25. The minimum Gasteiger partial charge on any atom is -0.314 e. The molecule has 0 N–H and O–H groups in total. The normalized spacial score (nSPS) is 25.2. The van der Waals surface area contributed by atoms with Gasteiger partial charge < -0.3 is 4.57 Å². The van der Waals surface area contributed by atoms with Crippen LogP contribution in [-0.2, 0) is 4.57 Å². The van der Waals surface area contributed by atoms with Crippen molar-refractivity contribution in [1.82, 2.24) is 0 Å². The van der Waals surface area contributed by atoms with Crippen LogP contribution in [0.5, 0.6) is 0 Å². The Labute approximate surface area is 111 Å². The monoisotopic (exact) mass is 262 g/mol.